The van der Waals surface area contributed by atoms with Gasteiger partial charge in [-0.05, 0) is 38.5 Å². The first kappa shape index (κ1) is 17.8. The summed E-state index contributed by atoms with van der Waals surface area (Å²) in [6, 6.07) is 2.95. The zero-order valence-corrected chi connectivity index (χ0v) is 13.4. The molecule has 0 fully saturated rings. The van der Waals surface area contributed by atoms with Crippen molar-refractivity contribution in [1.29, 1.82) is 0 Å². The molecule has 0 bridgehead atoms. The molecule has 0 heterocycles. The van der Waals surface area contributed by atoms with E-state index < -0.39 is 29.5 Å². The topological polar surface area (TPSA) is 89.6 Å². The van der Waals surface area contributed by atoms with Gasteiger partial charge in [-0.1, -0.05) is 29.3 Å². The monoisotopic (exact) mass is 333 g/mol. The van der Waals surface area contributed by atoms with Crippen LogP contribution in [0.3, 0.4) is 0 Å². The van der Waals surface area contributed by atoms with E-state index in [9.17, 15) is 9.59 Å². The van der Waals surface area contributed by atoms with Crippen molar-refractivity contribution in [2.45, 2.75) is 38.3 Å². The van der Waals surface area contributed by atoms with Crippen LogP contribution in [0.2, 0.25) is 10.0 Å². The number of esters is 1. The quantitative estimate of drug-likeness (QED) is 0.827. The summed E-state index contributed by atoms with van der Waals surface area (Å²) >= 11 is 11.7. The number of carbonyl (C=O) groups excluding carboxylic acids is 1. The normalized spacial score (nSPS) is 14.4. The minimum absolute atomic E-state index is 0.209. The van der Waals surface area contributed by atoms with E-state index in [1.54, 1.807) is 20.8 Å². The molecule has 0 amide bonds. The van der Waals surface area contributed by atoms with E-state index in [0.717, 1.165) is 0 Å². The van der Waals surface area contributed by atoms with Crippen molar-refractivity contribution in [1.82, 2.24) is 0 Å². The Kier molecular flexibility index (Phi) is 5.61. The van der Waals surface area contributed by atoms with Crippen molar-refractivity contribution < 1.29 is 19.4 Å². The lowest BCUT2D eigenvalue weighted by Gasteiger charge is -2.26. The standard InChI is InChI=1S/C14H17Cl2NO4/c1-14(2,3)21-13(20)10(11(17)12(18)19)7-4-5-8(15)9(16)6-7/h4-6,10-11H,17H2,1-3H3,(H,18,19). The number of carbonyl (C=O) groups is 2. The fraction of sp³-hybridized carbons (Fsp3) is 0.429. The van der Waals surface area contributed by atoms with Crippen molar-refractivity contribution in [3.05, 3.63) is 33.8 Å². The molecule has 0 saturated carbocycles. The van der Waals surface area contributed by atoms with E-state index >= 15 is 0 Å². The van der Waals surface area contributed by atoms with Crippen LogP contribution in [0.25, 0.3) is 0 Å². The highest BCUT2D eigenvalue weighted by Crippen LogP contribution is 2.29. The van der Waals surface area contributed by atoms with Crippen molar-refractivity contribution in [3.8, 4) is 0 Å². The Morgan fingerprint density at radius 1 is 1.24 bits per heavy atom. The van der Waals surface area contributed by atoms with Gasteiger partial charge in [0.05, 0.1) is 10.0 Å². The van der Waals surface area contributed by atoms with Crippen molar-refractivity contribution in [2.24, 2.45) is 5.73 Å². The van der Waals surface area contributed by atoms with Gasteiger partial charge in [-0.2, -0.15) is 0 Å². The van der Waals surface area contributed by atoms with Crippen LogP contribution in [0.1, 0.15) is 32.3 Å². The summed E-state index contributed by atoms with van der Waals surface area (Å²) in [4.78, 5) is 23.4. The van der Waals surface area contributed by atoms with E-state index in [-0.39, 0.29) is 5.02 Å². The van der Waals surface area contributed by atoms with Crippen LogP contribution >= 0.6 is 23.2 Å². The van der Waals surface area contributed by atoms with Crippen LogP contribution < -0.4 is 5.73 Å². The molecule has 2 unspecified atom stereocenters. The lowest BCUT2D eigenvalue weighted by Crippen LogP contribution is -2.42. The number of halogens is 2. The average Bonchev–Trinajstić information content (AvgIpc) is 2.31. The van der Waals surface area contributed by atoms with Crippen LogP contribution in [0, 0.1) is 0 Å². The molecule has 0 aliphatic rings. The third-order valence-corrected chi connectivity index (χ3v) is 3.35. The van der Waals surface area contributed by atoms with Gasteiger partial charge >= 0.3 is 11.9 Å². The highest BCUT2D eigenvalue weighted by Gasteiger charge is 2.35. The van der Waals surface area contributed by atoms with Gasteiger partial charge in [0.15, 0.2) is 0 Å². The van der Waals surface area contributed by atoms with Crippen LogP contribution in [0.5, 0.6) is 0 Å². The number of ether oxygens (including phenoxy) is 1. The summed E-state index contributed by atoms with van der Waals surface area (Å²) in [6.07, 6.45) is 0. The fourth-order valence-corrected chi connectivity index (χ4v) is 2.01. The lowest BCUT2D eigenvalue weighted by atomic mass is 9.91. The highest BCUT2D eigenvalue weighted by molar-refractivity contribution is 6.42. The van der Waals surface area contributed by atoms with Gasteiger partial charge in [0, 0.05) is 0 Å². The molecule has 3 N–H and O–H groups in total. The van der Waals surface area contributed by atoms with E-state index in [1.165, 1.54) is 18.2 Å². The number of nitrogens with two attached hydrogens (primary N) is 1. The largest absolute Gasteiger partial charge is 0.480 e. The maximum atomic E-state index is 12.3. The molecule has 21 heavy (non-hydrogen) atoms. The SMILES string of the molecule is CC(C)(C)OC(=O)C(c1ccc(Cl)c(Cl)c1)C(N)C(=O)O. The van der Waals surface area contributed by atoms with E-state index in [4.69, 9.17) is 38.8 Å². The summed E-state index contributed by atoms with van der Waals surface area (Å²) in [5.41, 5.74) is 5.21. The second-order valence-corrected chi connectivity index (χ2v) is 6.36. The van der Waals surface area contributed by atoms with Gasteiger partial charge in [0.25, 0.3) is 0 Å². The molecular weight excluding hydrogens is 317 g/mol. The zero-order valence-electron chi connectivity index (χ0n) is 11.9. The smallest absolute Gasteiger partial charge is 0.321 e. The molecule has 1 rings (SSSR count). The number of benzene rings is 1. The minimum Gasteiger partial charge on any atom is -0.480 e. The van der Waals surface area contributed by atoms with Crippen LogP contribution in [0.4, 0.5) is 0 Å². The Hall–Kier alpha value is -1.30. The van der Waals surface area contributed by atoms with Gasteiger partial charge in [0.1, 0.15) is 17.6 Å². The average molecular weight is 334 g/mol. The Bertz CT molecular complexity index is 554. The molecule has 0 spiro atoms. The zero-order chi connectivity index (χ0) is 16.4. The minimum atomic E-state index is -1.45. The number of aliphatic carboxylic acids is 1. The summed E-state index contributed by atoms with van der Waals surface area (Å²) in [5.74, 6) is -3.20. The first-order valence-corrected chi connectivity index (χ1v) is 6.94. The maximum Gasteiger partial charge on any atom is 0.321 e. The maximum absolute atomic E-state index is 12.3. The number of carboxylic acids is 1. The first-order valence-electron chi connectivity index (χ1n) is 6.19. The second-order valence-electron chi connectivity index (χ2n) is 5.55. The van der Waals surface area contributed by atoms with Crippen molar-refractivity contribution in [2.75, 3.05) is 0 Å². The number of hydrogen-bond donors (Lipinski definition) is 2. The van der Waals surface area contributed by atoms with Gasteiger partial charge in [0.2, 0.25) is 0 Å². The fourth-order valence-electron chi connectivity index (χ4n) is 1.70. The van der Waals surface area contributed by atoms with Crippen molar-refractivity contribution in [3.63, 3.8) is 0 Å². The molecule has 116 valence electrons. The highest BCUT2D eigenvalue weighted by atomic mass is 35.5. The summed E-state index contributed by atoms with van der Waals surface area (Å²) in [6.45, 7) is 5.05. The molecule has 0 aliphatic heterocycles. The predicted molar refractivity (Wildman–Crippen MR) is 80.7 cm³/mol. The molecule has 1 aromatic rings. The molecule has 7 heteroatoms. The molecule has 5 nitrogen and oxygen atoms in total. The van der Waals surface area contributed by atoms with Crippen molar-refractivity contribution >= 4 is 35.1 Å². The van der Waals surface area contributed by atoms with Gasteiger partial charge in [-0.15, -0.1) is 0 Å². The molecule has 2 atom stereocenters. The Balaban J connectivity index is 3.22. The molecule has 0 aromatic heterocycles. The molecular formula is C14H17Cl2NO4. The first-order chi connectivity index (χ1) is 9.53. The summed E-state index contributed by atoms with van der Waals surface area (Å²) < 4.78 is 5.24. The Morgan fingerprint density at radius 3 is 2.24 bits per heavy atom. The Labute approximate surface area is 133 Å². The van der Waals surface area contributed by atoms with Crippen LogP contribution in [-0.2, 0) is 14.3 Å². The summed E-state index contributed by atoms with van der Waals surface area (Å²) in [7, 11) is 0. The second kappa shape index (κ2) is 6.64. The lowest BCUT2D eigenvalue weighted by molar-refractivity contribution is -0.160. The van der Waals surface area contributed by atoms with E-state index in [1.807, 2.05) is 0 Å². The van der Waals surface area contributed by atoms with Gasteiger partial charge < -0.3 is 15.6 Å². The third-order valence-electron chi connectivity index (χ3n) is 2.61. The Morgan fingerprint density at radius 2 is 1.81 bits per heavy atom. The van der Waals surface area contributed by atoms with E-state index in [0.29, 0.717) is 10.6 Å². The molecule has 0 saturated heterocycles. The van der Waals surface area contributed by atoms with Gasteiger partial charge in [-0.25, -0.2) is 0 Å². The third kappa shape index (κ3) is 4.88. The molecule has 0 aliphatic carbocycles. The number of rotatable bonds is 4. The number of hydrogen-bond acceptors (Lipinski definition) is 4. The predicted octanol–water partition coefficient (Wildman–Crippen LogP) is 2.83. The number of carboxylic acid groups (broad SMARTS) is 1. The molecule has 0 radical (unpaired) electrons. The summed E-state index contributed by atoms with van der Waals surface area (Å²) in [5, 5.41) is 9.60. The van der Waals surface area contributed by atoms with Crippen LogP contribution in [-0.4, -0.2) is 28.7 Å². The van der Waals surface area contributed by atoms with Crippen LogP contribution in [0.15, 0.2) is 18.2 Å². The molecule has 1 aromatic carbocycles. The van der Waals surface area contributed by atoms with Gasteiger partial charge in [-0.3, -0.25) is 9.59 Å². The van der Waals surface area contributed by atoms with E-state index in [2.05, 4.69) is 0 Å².